The number of benzene rings is 1. The molecule has 1 aromatic rings. The average Bonchev–Trinajstić information content (AvgIpc) is 2.45. The number of nitrogens with one attached hydrogen (secondary N) is 1. The Balaban J connectivity index is 1.80. The maximum Gasteiger partial charge on any atom is 0.277 e. The van der Waals surface area contributed by atoms with E-state index in [9.17, 15) is 4.79 Å². The number of rotatable bonds is 4. The van der Waals surface area contributed by atoms with E-state index in [2.05, 4.69) is 42.4 Å². The zero-order valence-corrected chi connectivity index (χ0v) is 14.2. The van der Waals surface area contributed by atoms with E-state index in [0.717, 1.165) is 40.3 Å². The number of nitrogens with zero attached hydrogens (tertiary/aromatic N) is 1. The van der Waals surface area contributed by atoms with Crippen molar-refractivity contribution in [3.8, 4) is 5.75 Å². The molecule has 0 spiro atoms. The molecule has 0 unspecified atom stereocenters. The van der Waals surface area contributed by atoms with E-state index in [4.69, 9.17) is 4.74 Å². The van der Waals surface area contributed by atoms with Gasteiger partial charge in [0.25, 0.3) is 5.91 Å². The molecule has 1 aromatic carbocycles. The summed E-state index contributed by atoms with van der Waals surface area (Å²) in [7, 11) is 0. The fraction of sp³-hybridized carbons (Fsp3) is 0.429. The molecule has 1 N–H and O–H groups in total. The second kappa shape index (κ2) is 7.78. The maximum absolute atomic E-state index is 11.7. The number of hydrogen-bond donors (Lipinski definition) is 1. The Morgan fingerprint density at radius 2 is 2.00 bits per heavy atom. The smallest absolute Gasteiger partial charge is 0.277 e. The Bertz CT molecular complexity index is 510. The summed E-state index contributed by atoms with van der Waals surface area (Å²) < 4.78 is 7.20. The number of halogens is 2. The van der Waals surface area contributed by atoms with E-state index in [-0.39, 0.29) is 12.5 Å². The molecular formula is C14H16Br2N2O2. The van der Waals surface area contributed by atoms with Crippen molar-refractivity contribution in [2.24, 2.45) is 5.10 Å². The molecule has 6 heteroatoms. The van der Waals surface area contributed by atoms with Gasteiger partial charge in [0.15, 0.2) is 6.61 Å². The third-order valence-corrected chi connectivity index (χ3v) is 4.14. The van der Waals surface area contributed by atoms with Crippen LogP contribution in [0.3, 0.4) is 0 Å². The second-order valence-corrected chi connectivity index (χ2v) is 6.41. The lowest BCUT2D eigenvalue weighted by Gasteiger charge is -2.12. The van der Waals surface area contributed by atoms with Crippen LogP contribution < -0.4 is 10.2 Å². The minimum atomic E-state index is -0.238. The van der Waals surface area contributed by atoms with E-state index < -0.39 is 0 Å². The van der Waals surface area contributed by atoms with Gasteiger partial charge in [0.05, 0.1) is 4.47 Å². The zero-order valence-electron chi connectivity index (χ0n) is 11.0. The lowest BCUT2D eigenvalue weighted by molar-refractivity contribution is -0.123. The Morgan fingerprint density at radius 3 is 2.70 bits per heavy atom. The molecule has 0 saturated heterocycles. The quantitative estimate of drug-likeness (QED) is 0.771. The largest absolute Gasteiger partial charge is 0.483 e. The number of carbonyl (C=O) groups excluding carboxylic acids is 1. The summed E-state index contributed by atoms with van der Waals surface area (Å²) in [6.45, 7) is -0.0446. The summed E-state index contributed by atoms with van der Waals surface area (Å²) in [5.74, 6) is 0.395. The SMILES string of the molecule is O=C(COc1ccc(Br)cc1Br)NN=C1CCCCC1. The van der Waals surface area contributed by atoms with Crippen molar-refractivity contribution >= 4 is 43.5 Å². The van der Waals surface area contributed by atoms with Crippen LogP contribution in [-0.2, 0) is 4.79 Å². The van der Waals surface area contributed by atoms with Gasteiger partial charge >= 0.3 is 0 Å². The van der Waals surface area contributed by atoms with Crippen molar-refractivity contribution in [1.82, 2.24) is 5.43 Å². The van der Waals surface area contributed by atoms with Gasteiger partial charge in [-0.1, -0.05) is 22.4 Å². The molecule has 0 bridgehead atoms. The van der Waals surface area contributed by atoms with E-state index in [1.54, 1.807) is 6.07 Å². The van der Waals surface area contributed by atoms with E-state index in [1.807, 2.05) is 12.1 Å². The molecule has 0 radical (unpaired) electrons. The normalized spacial score (nSPS) is 14.8. The van der Waals surface area contributed by atoms with Crippen LogP contribution >= 0.6 is 31.9 Å². The van der Waals surface area contributed by atoms with Gasteiger partial charge < -0.3 is 4.74 Å². The highest BCUT2D eigenvalue weighted by Crippen LogP contribution is 2.28. The fourth-order valence-corrected chi connectivity index (χ4v) is 3.14. The van der Waals surface area contributed by atoms with Crippen LogP contribution in [-0.4, -0.2) is 18.2 Å². The van der Waals surface area contributed by atoms with Crippen LogP contribution in [0, 0.1) is 0 Å². The van der Waals surface area contributed by atoms with Crippen LogP contribution in [0.4, 0.5) is 0 Å². The number of hydrazone groups is 1. The first-order valence-electron chi connectivity index (χ1n) is 6.57. The van der Waals surface area contributed by atoms with Crippen molar-refractivity contribution in [2.75, 3.05) is 6.61 Å². The molecule has 0 aromatic heterocycles. The number of carbonyl (C=O) groups is 1. The van der Waals surface area contributed by atoms with Gasteiger partial charge in [0.2, 0.25) is 0 Å². The highest BCUT2D eigenvalue weighted by atomic mass is 79.9. The number of amides is 1. The Morgan fingerprint density at radius 1 is 1.25 bits per heavy atom. The summed E-state index contributed by atoms with van der Waals surface area (Å²) in [6, 6.07) is 5.53. The molecule has 108 valence electrons. The number of ether oxygens (including phenoxy) is 1. The van der Waals surface area contributed by atoms with Gasteiger partial charge in [-0.25, -0.2) is 5.43 Å². The predicted molar refractivity (Wildman–Crippen MR) is 86.0 cm³/mol. The van der Waals surface area contributed by atoms with E-state index >= 15 is 0 Å². The van der Waals surface area contributed by atoms with Gasteiger partial charge in [-0.05, 0) is 59.8 Å². The highest BCUT2D eigenvalue weighted by Gasteiger charge is 2.09. The molecule has 1 fully saturated rings. The monoisotopic (exact) mass is 402 g/mol. The minimum Gasteiger partial charge on any atom is -0.483 e. The predicted octanol–water partition coefficient (Wildman–Crippen LogP) is 4.03. The lowest BCUT2D eigenvalue weighted by atomic mass is 9.99. The summed E-state index contributed by atoms with van der Waals surface area (Å²) in [4.78, 5) is 11.7. The Kier molecular flexibility index (Phi) is 6.04. The topological polar surface area (TPSA) is 50.7 Å². The first-order valence-corrected chi connectivity index (χ1v) is 8.16. The molecular weight excluding hydrogens is 388 g/mol. The van der Waals surface area contributed by atoms with Gasteiger partial charge in [-0.2, -0.15) is 5.10 Å². The molecule has 1 saturated carbocycles. The molecule has 1 aliphatic rings. The van der Waals surface area contributed by atoms with Crippen LogP contribution in [0.25, 0.3) is 0 Å². The van der Waals surface area contributed by atoms with Gasteiger partial charge in [-0.15, -0.1) is 0 Å². The Labute approximate surface area is 135 Å². The zero-order chi connectivity index (χ0) is 14.4. The van der Waals surface area contributed by atoms with Crippen LogP contribution in [0.2, 0.25) is 0 Å². The van der Waals surface area contributed by atoms with Gasteiger partial charge in [0, 0.05) is 10.2 Å². The van der Waals surface area contributed by atoms with Crippen LogP contribution in [0.5, 0.6) is 5.75 Å². The standard InChI is InChI=1S/C14H16Br2N2O2/c15-10-6-7-13(12(16)8-10)20-9-14(19)18-17-11-4-2-1-3-5-11/h6-8H,1-5,9H2,(H,18,19). The molecule has 20 heavy (non-hydrogen) atoms. The number of hydrogen-bond acceptors (Lipinski definition) is 3. The van der Waals surface area contributed by atoms with Crippen molar-refractivity contribution < 1.29 is 9.53 Å². The van der Waals surface area contributed by atoms with E-state index in [1.165, 1.54) is 6.42 Å². The molecule has 2 rings (SSSR count). The van der Waals surface area contributed by atoms with Crippen LogP contribution in [0.1, 0.15) is 32.1 Å². The van der Waals surface area contributed by atoms with Crippen molar-refractivity contribution in [1.29, 1.82) is 0 Å². The molecule has 1 aliphatic carbocycles. The molecule has 0 heterocycles. The summed E-state index contributed by atoms with van der Waals surface area (Å²) in [6.07, 6.45) is 5.56. The maximum atomic E-state index is 11.7. The van der Waals surface area contributed by atoms with Gasteiger partial charge in [-0.3, -0.25) is 4.79 Å². The summed E-state index contributed by atoms with van der Waals surface area (Å²) >= 11 is 6.75. The van der Waals surface area contributed by atoms with Gasteiger partial charge in [0.1, 0.15) is 5.75 Å². The second-order valence-electron chi connectivity index (χ2n) is 4.64. The third kappa shape index (κ3) is 4.90. The first kappa shape index (κ1) is 15.5. The van der Waals surface area contributed by atoms with Crippen molar-refractivity contribution in [3.05, 3.63) is 27.1 Å². The first-order chi connectivity index (χ1) is 9.65. The lowest BCUT2D eigenvalue weighted by Crippen LogP contribution is -2.26. The molecule has 4 nitrogen and oxygen atoms in total. The molecule has 0 aliphatic heterocycles. The molecule has 1 amide bonds. The molecule has 0 atom stereocenters. The van der Waals surface area contributed by atoms with Crippen molar-refractivity contribution in [2.45, 2.75) is 32.1 Å². The fourth-order valence-electron chi connectivity index (χ4n) is 1.98. The third-order valence-electron chi connectivity index (χ3n) is 3.02. The van der Waals surface area contributed by atoms with Crippen molar-refractivity contribution in [3.63, 3.8) is 0 Å². The van der Waals surface area contributed by atoms with E-state index in [0.29, 0.717) is 5.75 Å². The highest BCUT2D eigenvalue weighted by molar-refractivity contribution is 9.11. The average molecular weight is 404 g/mol. The Hall–Kier alpha value is -0.880. The minimum absolute atomic E-state index is 0.0446. The van der Waals surface area contributed by atoms with Crippen LogP contribution in [0.15, 0.2) is 32.2 Å². The summed E-state index contributed by atoms with van der Waals surface area (Å²) in [5, 5.41) is 4.15. The summed E-state index contributed by atoms with van der Waals surface area (Å²) in [5.41, 5.74) is 3.63.